The molecule has 0 aliphatic rings. The van der Waals surface area contributed by atoms with E-state index in [1.807, 2.05) is 0 Å². The van der Waals surface area contributed by atoms with E-state index in [1.54, 1.807) is 18.2 Å². The first-order chi connectivity index (χ1) is 7.95. The quantitative estimate of drug-likeness (QED) is 0.346. The van der Waals surface area contributed by atoms with Gasteiger partial charge < -0.3 is 16.3 Å². The SMILES string of the molecule is CC(C(=O)Nc1cc(Cl)ccc1Br)/C(N)=N/O. The van der Waals surface area contributed by atoms with Crippen LogP contribution in [0.5, 0.6) is 0 Å². The molecule has 1 unspecified atom stereocenters. The predicted molar refractivity (Wildman–Crippen MR) is 70.4 cm³/mol. The molecule has 0 aromatic heterocycles. The highest BCUT2D eigenvalue weighted by atomic mass is 79.9. The lowest BCUT2D eigenvalue weighted by atomic mass is 10.1. The number of halogens is 2. The third kappa shape index (κ3) is 3.61. The second-order valence-corrected chi connectivity index (χ2v) is 4.65. The number of carbonyl (C=O) groups excluding carboxylic acids is 1. The van der Waals surface area contributed by atoms with E-state index in [4.69, 9.17) is 22.5 Å². The summed E-state index contributed by atoms with van der Waals surface area (Å²) in [5, 5.41) is 14.4. The van der Waals surface area contributed by atoms with E-state index in [-0.39, 0.29) is 11.7 Å². The summed E-state index contributed by atoms with van der Waals surface area (Å²) in [4.78, 5) is 11.7. The van der Waals surface area contributed by atoms with Gasteiger partial charge in [0.1, 0.15) is 0 Å². The molecule has 0 aliphatic heterocycles. The zero-order valence-corrected chi connectivity index (χ0v) is 11.3. The fourth-order valence-corrected chi connectivity index (χ4v) is 1.57. The Morgan fingerprint density at radius 3 is 2.88 bits per heavy atom. The smallest absolute Gasteiger partial charge is 0.234 e. The van der Waals surface area contributed by atoms with Crippen molar-refractivity contribution in [1.82, 2.24) is 0 Å². The van der Waals surface area contributed by atoms with Crippen LogP contribution >= 0.6 is 27.5 Å². The van der Waals surface area contributed by atoms with Gasteiger partial charge in [0.2, 0.25) is 5.91 Å². The van der Waals surface area contributed by atoms with Crippen molar-refractivity contribution in [2.75, 3.05) is 5.32 Å². The summed E-state index contributed by atoms with van der Waals surface area (Å²) in [5.41, 5.74) is 5.87. The lowest BCUT2D eigenvalue weighted by Crippen LogP contribution is -2.32. The number of nitrogens with two attached hydrogens (primary N) is 1. The summed E-state index contributed by atoms with van der Waals surface area (Å²) in [6.07, 6.45) is 0. The number of nitrogens with one attached hydrogen (secondary N) is 1. The highest BCUT2D eigenvalue weighted by molar-refractivity contribution is 9.10. The van der Waals surface area contributed by atoms with Crippen molar-refractivity contribution in [3.05, 3.63) is 27.7 Å². The van der Waals surface area contributed by atoms with E-state index in [0.29, 0.717) is 15.2 Å². The number of hydrogen-bond donors (Lipinski definition) is 3. The van der Waals surface area contributed by atoms with Crippen molar-refractivity contribution in [2.45, 2.75) is 6.92 Å². The molecular weight excluding hydrogens is 309 g/mol. The molecule has 0 saturated heterocycles. The molecule has 0 radical (unpaired) electrons. The van der Waals surface area contributed by atoms with Crippen molar-refractivity contribution in [3.63, 3.8) is 0 Å². The van der Waals surface area contributed by atoms with Crippen molar-refractivity contribution in [2.24, 2.45) is 16.8 Å². The molecule has 1 aromatic carbocycles. The Hall–Kier alpha value is -1.27. The molecule has 1 aromatic rings. The average molecular weight is 321 g/mol. The first-order valence-corrected chi connectivity index (χ1v) is 5.86. The van der Waals surface area contributed by atoms with E-state index in [0.717, 1.165) is 0 Å². The van der Waals surface area contributed by atoms with Crippen molar-refractivity contribution >= 4 is 45.0 Å². The normalized spacial score (nSPS) is 13.2. The third-order valence-corrected chi connectivity index (χ3v) is 3.07. The van der Waals surface area contributed by atoms with Crippen LogP contribution in [0.3, 0.4) is 0 Å². The van der Waals surface area contributed by atoms with Gasteiger partial charge in [-0.1, -0.05) is 16.8 Å². The minimum Gasteiger partial charge on any atom is -0.409 e. The highest BCUT2D eigenvalue weighted by Crippen LogP contribution is 2.26. The standard InChI is InChI=1S/C10H11BrClN3O2/c1-5(9(13)15-17)10(16)14-8-4-6(12)2-3-7(8)11/h2-5,17H,1H3,(H2,13,15)(H,14,16). The lowest BCUT2D eigenvalue weighted by Gasteiger charge is -2.12. The number of amides is 1. The number of hydrogen-bond acceptors (Lipinski definition) is 3. The van der Waals surface area contributed by atoms with Crippen LogP contribution in [0.15, 0.2) is 27.8 Å². The summed E-state index contributed by atoms with van der Waals surface area (Å²) in [6, 6.07) is 5.00. The summed E-state index contributed by atoms with van der Waals surface area (Å²) in [5.74, 6) is -1.27. The number of nitrogens with zero attached hydrogens (tertiary/aromatic N) is 1. The van der Waals surface area contributed by atoms with Gasteiger partial charge in [-0.25, -0.2) is 0 Å². The predicted octanol–water partition coefficient (Wildman–Crippen LogP) is 2.42. The maximum atomic E-state index is 11.7. The van der Waals surface area contributed by atoms with Crippen LogP contribution < -0.4 is 11.1 Å². The number of anilines is 1. The topological polar surface area (TPSA) is 87.7 Å². The van der Waals surface area contributed by atoms with Gasteiger partial charge >= 0.3 is 0 Å². The highest BCUT2D eigenvalue weighted by Gasteiger charge is 2.18. The summed E-state index contributed by atoms with van der Waals surface area (Å²) in [7, 11) is 0. The third-order valence-electron chi connectivity index (χ3n) is 2.14. The Labute approximate surface area is 112 Å². The zero-order chi connectivity index (χ0) is 13.0. The Balaban J connectivity index is 2.84. The first-order valence-electron chi connectivity index (χ1n) is 4.69. The summed E-state index contributed by atoms with van der Waals surface area (Å²) < 4.78 is 0.696. The Kier molecular flexibility index (Phi) is 4.77. The molecule has 1 atom stereocenters. The summed E-state index contributed by atoms with van der Waals surface area (Å²) in [6.45, 7) is 1.53. The molecule has 1 rings (SSSR count). The second-order valence-electron chi connectivity index (χ2n) is 3.36. The molecule has 5 nitrogen and oxygen atoms in total. The van der Waals surface area contributed by atoms with E-state index < -0.39 is 5.92 Å². The number of oxime groups is 1. The molecule has 0 saturated carbocycles. The molecule has 1 amide bonds. The minimum absolute atomic E-state index is 0.152. The van der Waals surface area contributed by atoms with E-state index >= 15 is 0 Å². The number of carbonyl (C=O) groups is 1. The van der Waals surface area contributed by atoms with Crippen LogP contribution in [0.25, 0.3) is 0 Å². The molecule has 0 fully saturated rings. The number of benzene rings is 1. The van der Waals surface area contributed by atoms with Crippen LogP contribution in [0.1, 0.15) is 6.92 Å². The summed E-state index contributed by atoms with van der Waals surface area (Å²) >= 11 is 9.09. The molecule has 0 spiro atoms. The molecule has 0 aliphatic carbocycles. The van der Waals surface area contributed by atoms with Gasteiger partial charge in [0, 0.05) is 9.50 Å². The van der Waals surface area contributed by atoms with Gasteiger partial charge in [0.05, 0.1) is 11.6 Å². The number of amidine groups is 1. The fraction of sp³-hybridized carbons (Fsp3) is 0.200. The van der Waals surface area contributed by atoms with Gasteiger partial charge in [-0.15, -0.1) is 0 Å². The lowest BCUT2D eigenvalue weighted by molar-refractivity contribution is -0.117. The maximum Gasteiger partial charge on any atom is 0.234 e. The van der Waals surface area contributed by atoms with Crippen molar-refractivity contribution in [1.29, 1.82) is 0 Å². The molecule has 0 bridgehead atoms. The van der Waals surface area contributed by atoms with E-state index in [9.17, 15) is 4.79 Å². The Morgan fingerprint density at radius 1 is 1.65 bits per heavy atom. The van der Waals surface area contributed by atoms with Crippen LogP contribution in [-0.4, -0.2) is 17.0 Å². The van der Waals surface area contributed by atoms with E-state index in [2.05, 4.69) is 26.4 Å². The van der Waals surface area contributed by atoms with Crippen molar-refractivity contribution < 1.29 is 10.0 Å². The molecule has 17 heavy (non-hydrogen) atoms. The van der Waals surface area contributed by atoms with Crippen LogP contribution in [0.4, 0.5) is 5.69 Å². The largest absolute Gasteiger partial charge is 0.409 e. The maximum absolute atomic E-state index is 11.7. The van der Waals surface area contributed by atoms with Crippen LogP contribution in [0.2, 0.25) is 5.02 Å². The van der Waals surface area contributed by atoms with Gasteiger partial charge in [-0.05, 0) is 41.1 Å². The average Bonchev–Trinajstić information content (AvgIpc) is 2.31. The van der Waals surface area contributed by atoms with Crippen molar-refractivity contribution in [3.8, 4) is 0 Å². The fourth-order valence-electron chi connectivity index (χ4n) is 1.06. The zero-order valence-electron chi connectivity index (χ0n) is 8.95. The molecule has 7 heteroatoms. The van der Waals surface area contributed by atoms with Crippen LogP contribution in [0, 0.1) is 5.92 Å². The van der Waals surface area contributed by atoms with Gasteiger partial charge in [-0.2, -0.15) is 0 Å². The monoisotopic (exact) mass is 319 g/mol. The van der Waals surface area contributed by atoms with Gasteiger partial charge in [0.25, 0.3) is 0 Å². The molecule has 4 N–H and O–H groups in total. The van der Waals surface area contributed by atoms with Gasteiger partial charge in [-0.3, -0.25) is 4.79 Å². The Morgan fingerprint density at radius 2 is 2.29 bits per heavy atom. The second kappa shape index (κ2) is 5.88. The van der Waals surface area contributed by atoms with Gasteiger partial charge in [0.15, 0.2) is 5.84 Å². The van der Waals surface area contributed by atoms with Crippen LogP contribution in [-0.2, 0) is 4.79 Å². The first kappa shape index (κ1) is 13.8. The molecule has 92 valence electrons. The number of rotatable bonds is 3. The molecular formula is C10H11BrClN3O2. The minimum atomic E-state index is -0.731. The Bertz CT molecular complexity index is 465. The molecule has 0 heterocycles. The van der Waals surface area contributed by atoms with E-state index in [1.165, 1.54) is 6.92 Å².